The first-order valence-corrected chi connectivity index (χ1v) is 6.64. The summed E-state index contributed by atoms with van der Waals surface area (Å²) in [5, 5.41) is 5.50. The van der Waals surface area contributed by atoms with Gasteiger partial charge in [0.1, 0.15) is 0 Å². The third kappa shape index (κ3) is 5.73. The van der Waals surface area contributed by atoms with E-state index in [0.717, 1.165) is 0 Å². The molecule has 0 saturated heterocycles. The summed E-state index contributed by atoms with van der Waals surface area (Å²) in [5.74, 6) is -0.365. The lowest BCUT2D eigenvalue weighted by molar-refractivity contribution is 0.0526. The van der Waals surface area contributed by atoms with Gasteiger partial charge in [0.2, 0.25) is 0 Å². The van der Waals surface area contributed by atoms with Gasteiger partial charge in [-0.1, -0.05) is 20.8 Å². The van der Waals surface area contributed by atoms with E-state index >= 15 is 0 Å². The smallest absolute Gasteiger partial charge is 0.338 e. The first kappa shape index (κ1) is 16.0. The van der Waals surface area contributed by atoms with Crippen molar-refractivity contribution >= 4 is 17.7 Å². The van der Waals surface area contributed by atoms with Gasteiger partial charge in [-0.25, -0.2) is 9.59 Å². The zero-order valence-corrected chi connectivity index (χ0v) is 12.4. The third-order valence-electron chi connectivity index (χ3n) is 2.43. The highest BCUT2D eigenvalue weighted by atomic mass is 16.5. The molecule has 0 aliphatic carbocycles. The quantitative estimate of drug-likeness (QED) is 0.832. The Bertz CT molecular complexity index is 461. The van der Waals surface area contributed by atoms with Crippen LogP contribution in [0.25, 0.3) is 0 Å². The minimum Gasteiger partial charge on any atom is -0.462 e. The molecule has 0 aliphatic rings. The maximum absolute atomic E-state index is 11.7. The number of hydrogen-bond donors (Lipinski definition) is 2. The second-order valence-electron chi connectivity index (χ2n) is 5.67. The van der Waals surface area contributed by atoms with Crippen molar-refractivity contribution in [3.05, 3.63) is 29.8 Å². The van der Waals surface area contributed by atoms with Crippen molar-refractivity contribution in [2.24, 2.45) is 5.41 Å². The van der Waals surface area contributed by atoms with Crippen molar-refractivity contribution in [1.82, 2.24) is 5.32 Å². The molecule has 0 radical (unpaired) electrons. The number of ether oxygens (including phenoxy) is 1. The molecule has 0 aromatic heterocycles. The number of hydrogen-bond acceptors (Lipinski definition) is 3. The van der Waals surface area contributed by atoms with Gasteiger partial charge in [0.15, 0.2) is 0 Å². The molecule has 20 heavy (non-hydrogen) atoms. The van der Waals surface area contributed by atoms with Crippen LogP contribution in [0.3, 0.4) is 0 Å². The molecule has 1 aromatic carbocycles. The van der Waals surface area contributed by atoms with Crippen LogP contribution < -0.4 is 10.6 Å². The van der Waals surface area contributed by atoms with E-state index in [2.05, 4.69) is 10.6 Å². The number of nitrogens with one attached hydrogen (secondary N) is 2. The Morgan fingerprint density at radius 2 is 1.75 bits per heavy atom. The molecular formula is C15H22N2O3. The summed E-state index contributed by atoms with van der Waals surface area (Å²) < 4.78 is 4.89. The monoisotopic (exact) mass is 278 g/mol. The Morgan fingerprint density at radius 3 is 2.25 bits per heavy atom. The van der Waals surface area contributed by atoms with Crippen molar-refractivity contribution in [3.63, 3.8) is 0 Å². The summed E-state index contributed by atoms with van der Waals surface area (Å²) in [6.07, 6.45) is 0. The molecule has 0 bridgehead atoms. The number of esters is 1. The van der Waals surface area contributed by atoms with E-state index in [1.54, 1.807) is 31.2 Å². The van der Waals surface area contributed by atoms with E-state index in [4.69, 9.17) is 4.74 Å². The summed E-state index contributed by atoms with van der Waals surface area (Å²) in [6.45, 7) is 8.81. The van der Waals surface area contributed by atoms with Crippen LogP contribution in [0.15, 0.2) is 24.3 Å². The van der Waals surface area contributed by atoms with Crippen molar-refractivity contribution in [1.29, 1.82) is 0 Å². The average molecular weight is 278 g/mol. The largest absolute Gasteiger partial charge is 0.462 e. The number of amides is 2. The predicted molar refractivity (Wildman–Crippen MR) is 78.9 cm³/mol. The van der Waals surface area contributed by atoms with E-state index in [0.29, 0.717) is 24.4 Å². The molecule has 110 valence electrons. The molecule has 0 saturated carbocycles. The lowest BCUT2D eigenvalue weighted by Crippen LogP contribution is -2.35. The van der Waals surface area contributed by atoms with Crippen molar-refractivity contribution in [3.8, 4) is 0 Å². The predicted octanol–water partition coefficient (Wildman–Crippen LogP) is 3.03. The molecule has 0 spiro atoms. The molecule has 2 N–H and O–H groups in total. The highest BCUT2D eigenvalue weighted by Crippen LogP contribution is 2.12. The Kier molecular flexibility index (Phi) is 5.55. The van der Waals surface area contributed by atoms with Crippen LogP contribution in [0.2, 0.25) is 0 Å². The second kappa shape index (κ2) is 6.93. The highest BCUT2D eigenvalue weighted by molar-refractivity contribution is 5.92. The van der Waals surface area contributed by atoms with Gasteiger partial charge in [0, 0.05) is 12.2 Å². The van der Waals surface area contributed by atoms with Gasteiger partial charge in [-0.15, -0.1) is 0 Å². The van der Waals surface area contributed by atoms with Crippen molar-refractivity contribution in [2.45, 2.75) is 27.7 Å². The first-order valence-electron chi connectivity index (χ1n) is 6.64. The Hall–Kier alpha value is -2.04. The first-order chi connectivity index (χ1) is 9.31. The number of carbonyl (C=O) groups excluding carboxylic acids is 2. The van der Waals surface area contributed by atoms with Crippen LogP contribution in [-0.2, 0) is 4.74 Å². The molecule has 0 fully saturated rings. The topological polar surface area (TPSA) is 67.4 Å². The van der Waals surface area contributed by atoms with Crippen LogP contribution >= 0.6 is 0 Å². The average Bonchev–Trinajstić information content (AvgIpc) is 2.37. The van der Waals surface area contributed by atoms with Gasteiger partial charge in [-0.05, 0) is 36.6 Å². The van der Waals surface area contributed by atoms with E-state index < -0.39 is 0 Å². The Morgan fingerprint density at radius 1 is 1.15 bits per heavy atom. The van der Waals surface area contributed by atoms with Gasteiger partial charge in [0.25, 0.3) is 0 Å². The summed E-state index contributed by atoms with van der Waals surface area (Å²) in [4.78, 5) is 23.1. The van der Waals surface area contributed by atoms with Gasteiger partial charge < -0.3 is 15.4 Å². The van der Waals surface area contributed by atoms with Gasteiger partial charge in [0.05, 0.1) is 12.2 Å². The standard InChI is InChI=1S/C15H22N2O3/c1-5-20-13(18)11-6-8-12(9-7-11)17-14(19)16-10-15(2,3)4/h6-9H,5,10H2,1-4H3,(H2,16,17,19). The molecule has 0 heterocycles. The molecule has 0 unspecified atom stereocenters. The number of carbonyl (C=O) groups is 2. The van der Waals surface area contributed by atoms with E-state index in [-0.39, 0.29) is 17.4 Å². The molecule has 0 aliphatic heterocycles. The van der Waals surface area contributed by atoms with Crippen molar-refractivity contribution in [2.75, 3.05) is 18.5 Å². The highest BCUT2D eigenvalue weighted by Gasteiger charge is 2.12. The van der Waals surface area contributed by atoms with Crippen LogP contribution in [-0.4, -0.2) is 25.2 Å². The van der Waals surface area contributed by atoms with E-state index in [9.17, 15) is 9.59 Å². The van der Waals surface area contributed by atoms with Crippen LogP contribution in [0, 0.1) is 5.41 Å². The van der Waals surface area contributed by atoms with E-state index in [1.165, 1.54) is 0 Å². The lowest BCUT2D eigenvalue weighted by Gasteiger charge is -2.18. The third-order valence-corrected chi connectivity index (χ3v) is 2.43. The molecule has 2 amide bonds. The van der Waals surface area contributed by atoms with Gasteiger partial charge in [-0.2, -0.15) is 0 Å². The zero-order valence-electron chi connectivity index (χ0n) is 12.4. The van der Waals surface area contributed by atoms with Gasteiger partial charge in [-0.3, -0.25) is 0 Å². The summed E-state index contributed by atoms with van der Waals surface area (Å²) in [7, 11) is 0. The molecule has 0 atom stereocenters. The number of urea groups is 1. The minimum atomic E-state index is -0.365. The Labute approximate surface area is 119 Å². The normalized spacial score (nSPS) is 10.8. The SMILES string of the molecule is CCOC(=O)c1ccc(NC(=O)NCC(C)(C)C)cc1. The summed E-state index contributed by atoms with van der Waals surface area (Å²) in [5.41, 5.74) is 1.13. The van der Waals surface area contributed by atoms with Gasteiger partial charge >= 0.3 is 12.0 Å². The number of benzene rings is 1. The minimum absolute atomic E-state index is 0.0328. The molecule has 5 nitrogen and oxygen atoms in total. The number of rotatable bonds is 4. The lowest BCUT2D eigenvalue weighted by atomic mass is 9.97. The number of anilines is 1. The van der Waals surface area contributed by atoms with Crippen LogP contribution in [0.4, 0.5) is 10.5 Å². The molecule has 1 rings (SSSR count). The summed E-state index contributed by atoms with van der Waals surface area (Å²) in [6, 6.07) is 6.32. The molecular weight excluding hydrogens is 256 g/mol. The fraction of sp³-hybridized carbons (Fsp3) is 0.467. The van der Waals surface area contributed by atoms with Crippen LogP contribution in [0.5, 0.6) is 0 Å². The fourth-order valence-corrected chi connectivity index (χ4v) is 1.42. The van der Waals surface area contributed by atoms with Crippen LogP contribution in [0.1, 0.15) is 38.1 Å². The second-order valence-corrected chi connectivity index (χ2v) is 5.67. The summed E-state index contributed by atoms with van der Waals surface area (Å²) >= 11 is 0. The maximum Gasteiger partial charge on any atom is 0.338 e. The molecule has 1 aromatic rings. The van der Waals surface area contributed by atoms with E-state index in [1.807, 2.05) is 20.8 Å². The zero-order chi connectivity index (χ0) is 15.2. The fourth-order valence-electron chi connectivity index (χ4n) is 1.42. The maximum atomic E-state index is 11.7. The molecule has 5 heteroatoms. The van der Waals surface area contributed by atoms with Crippen molar-refractivity contribution < 1.29 is 14.3 Å². The Balaban J connectivity index is 2.53.